The summed E-state index contributed by atoms with van der Waals surface area (Å²) < 4.78 is 0. The molecule has 1 aromatic heterocycles. The second-order valence-electron chi connectivity index (χ2n) is 5.79. The largest absolute Gasteiger partial charge is 0.332 e. The molecule has 0 fully saturated rings. The zero-order valence-electron chi connectivity index (χ0n) is 14.9. The third-order valence-electron chi connectivity index (χ3n) is 3.65. The molecule has 0 radical (unpaired) electrons. The highest BCUT2D eigenvalue weighted by Gasteiger charge is 2.11. The summed E-state index contributed by atoms with van der Waals surface area (Å²) >= 11 is 5.85. The molecule has 2 aromatic carbocycles. The maximum absolute atomic E-state index is 12.3. The van der Waals surface area contributed by atoms with Crippen LogP contribution in [0.15, 0.2) is 71.9 Å². The minimum absolute atomic E-state index is 0.0340. The SMILES string of the molecule is CC(=O)ON=C(NC(=O)C=Cc1ccc(Cl)cc1)c1ccc2ccccc2n1. The minimum Gasteiger partial charge on any atom is -0.316 e. The second kappa shape index (κ2) is 8.92. The van der Waals surface area contributed by atoms with Gasteiger partial charge in [0.2, 0.25) is 5.91 Å². The summed E-state index contributed by atoms with van der Waals surface area (Å²) in [5.74, 6) is -1.02. The predicted molar refractivity (Wildman–Crippen MR) is 109 cm³/mol. The topological polar surface area (TPSA) is 80.6 Å². The molecule has 0 aliphatic rings. The summed E-state index contributed by atoms with van der Waals surface area (Å²) in [5, 5.41) is 7.87. The molecule has 1 heterocycles. The van der Waals surface area contributed by atoms with E-state index in [1.165, 1.54) is 13.0 Å². The standard InChI is InChI=1S/C21H16ClN3O3/c1-14(26)28-25-21(19-12-9-16-4-2-3-5-18(16)23-19)24-20(27)13-8-15-6-10-17(22)11-7-15/h2-13H,1H3,(H,24,25,27). The molecule has 0 aliphatic heterocycles. The van der Waals surface area contributed by atoms with Gasteiger partial charge in [-0.15, -0.1) is 0 Å². The van der Waals surface area contributed by atoms with Crippen LogP contribution in [-0.2, 0) is 14.4 Å². The Kier molecular flexibility index (Phi) is 6.14. The molecule has 0 saturated carbocycles. The van der Waals surface area contributed by atoms with Crippen molar-refractivity contribution in [3.05, 3.63) is 83.0 Å². The van der Waals surface area contributed by atoms with E-state index in [2.05, 4.69) is 15.5 Å². The quantitative estimate of drug-likeness (QED) is 0.239. The van der Waals surface area contributed by atoms with E-state index in [-0.39, 0.29) is 5.84 Å². The van der Waals surface area contributed by atoms with Crippen LogP contribution < -0.4 is 5.32 Å². The number of fused-ring (bicyclic) bond motifs is 1. The monoisotopic (exact) mass is 393 g/mol. The molecule has 6 nitrogen and oxygen atoms in total. The fraction of sp³-hybridized carbons (Fsp3) is 0.0476. The summed E-state index contributed by atoms with van der Waals surface area (Å²) in [7, 11) is 0. The van der Waals surface area contributed by atoms with Crippen molar-refractivity contribution in [3.63, 3.8) is 0 Å². The molecule has 0 spiro atoms. The molecule has 140 valence electrons. The maximum atomic E-state index is 12.3. The average Bonchev–Trinajstić information content (AvgIpc) is 2.70. The highest BCUT2D eigenvalue weighted by Crippen LogP contribution is 2.13. The summed E-state index contributed by atoms with van der Waals surface area (Å²) in [5.41, 5.74) is 1.90. The van der Waals surface area contributed by atoms with Crippen molar-refractivity contribution in [1.29, 1.82) is 0 Å². The van der Waals surface area contributed by atoms with Gasteiger partial charge in [0.05, 0.1) is 5.52 Å². The molecular weight excluding hydrogens is 378 g/mol. The number of nitrogens with one attached hydrogen (secondary N) is 1. The Labute approximate surface area is 166 Å². The van der Waals surface area contributed by atoms with Crippen LogP contribution in [0.2, 0.25) is 5.02 Å². The van der Waals surface area contributed by atoms with Crippen molar-refractivity contribution < 1.29 is 14.4 Å². The van der Waals surface area contributed by atoms with Crippen molar-refractivity contribution in [1.82, 2.24) is 10.3 Å². The zero-order chi connectivity index (χ0) is 19.9. The van der Waals surface area contributed by atoms with Crippen LogP contribution in [0, 0.1) is 0 Å². The lowest BCUT2D eigenvalue weighted by atomic mass is 10.2. The number of rotatable bonds is 4. The number of oxime groups is 1. The molecule has 7 heteroatoms. The summed E-state index contributed by atoms with van der Waals surface area (Å²) in [6.07, 6.45) is 2.97. The number of pyridine rings is 1. The van der Waals surface area contributed by atoms with Gasteiger partial charge in [-0.05, 0) is 35.9 Å². The average molecular weight is 394 g/mol. The molecule has 3 aromatic rings. The number of carbonyl (C=O) groups excluding carboxylic acids is 2. The lowest BCUT2D eigenvalue weighted by molar-refractivity contribution is -0.141. The number of hydrogen-bond donors (Lipinski definition) is 1. The van der Waals surface area contributed by atoms with E-state index < -0.39 is 11.9 Å². The highest BCUT2D eigenvalue weighted by molar-refractivity contribution is 6.30. The molecule has 3 rings (SSSR count). The first-order valence-corrected chi connectivity index (χ1v) is 8.75. The molecule has 1 N–H and O–H groups in total. The van der Waals surface area contributed by atoms with Crippen molar-refractivity contribution in [2.75, 3.05) is 0 Å². The Morgan fingerprint density at radius 1 is 1.07 bits per heavy atom. The van der Waals surface area contributed by atoms with Gasteiger partial charge in [-0.1, -0.05) is 53.2 Å². The molecule has 0 bridgehead atoms. The smallest absolute Gasteiger partial charge is 0.316 e. The Morgan fingerprint density at radius 3 is 2.57 bits per heavy atom. The van der Waals surface area contributed by atoms with E-state index in [4.69, 9.17) is 16.4 Å². The van der Waals surface area contributed by atoms with Gasteiger partial charge in [-0.2, -0.15) is 0 Å². The Morgan fingerprint density at radius 2 is 1.82 bits per heavy atom. The van der Waals surface area contributed by atoms with Gasteiger partial charge in [0.15, 0.2) is 5.84 Å². The van der Waals surface area contributed by atoms with Gasteiger partial charge in [0, 0.05) is 23.4 Å². The van der Waals surface area contributed by atoms with Gasteiger partial charge in [0.1, 0.15) is 5.69 Å². The number of aromatic nitrogens is 1. The summed E-state index contributed by atoms with van der Waals surface area (Å²) in [6.45, 7) is 1.22. The van der Waals surface area contributed by atoms with Crippen molar-refractivity contribution >= 4 is 46.3 Å². The van der Waals surface area contributed by atoms with Crippen LogP contribution in [0.3, 0.4) is 0 Å². The van der Waals surface area contributed by atoms with Gasteiger partial charge < -0.3 is 10.2 Å². The molecule has 0 aliphatic carbocycles. The fourth-order valence-corrected chi connectivity index (χ4v) is 2.47. The molecule has 0 unspecified atom stereocenters. The second-order valence-corrected chi connectivity index (χ2v) is 6.22. The zero-order valence-corrected chi connectivity index (χ0v) is 15.7. The first kappa shape index (κ1) is 19.3. The highest BCUT2D eigenvalue weighted by atomic mass is 35.5. The van der Waals surface area contributed by atoms with Gasteiger partial charge >= 0.3 is 5.97 Å². The summed E-state index contributed by atoms with van der Waals surface area (Å²) in [4.78, 5) is 32.6. The van der Waals surface area contributed by atoms with Crippen LogP contribution in [0.5, 0.6) is 0 Å². The van der Waals surface area contributed by atoms with E-state index in [1.807, 2.05) is 30.3 Å². The van der Waals surface area contributed by atoms with Crippen molar-refractivity contribution in [3.8, 4) is 0 Å². The van der Waals surface area contributed by atoms with E-state index >= 15 is 0 Å². The first-order valence-electron chi connectivity index (χ1n) is 8.37. The van der Waals surface area contributed by atoms with Gasteiger partial charge in [-0.25, -0.2) is 9.78 Å². The fourth-order valence-electron chi connectivity index (χ4n) is 2.35. The van der Waals surface area contributed by atoms with E-state index in [0.29, 0.717) is 10.7 Å². The Balaban J connectivity index is 1.82. The third-order valence-corrected chi connectivity index (χ3v) is 3.90. The van der Waals surface area contributed by atoms with Gasteiger partial charge in [-0.3, -0.25) is 4.79 Å². The summed E-state index contributed by atoms with van der Waals surface area (Å²) in [6, 6.07) is 18.1. The Hall–Kier alpha value is -3.51. The number of amidine groups is 1. The van der Waals surface area contributed by atoms with Crippen LogP contribution >= 0.6 is 11.6 Å². The van der Waals surface area contributed by atoms with E-state index in [9.17, 15) is 9.59 Å². The van der Waals surface area contributed by atoms with Crippen molar-refractivity contribution in [2.45, 2.75) is 6.92 Å². The minimum atomic E-state index is -0.607. The number of carbonyl (C=O) groups is 2. The lowest BCUT2D eigenvalue weighted by Gasteiger charge is -2.07. The van der Waals surface area contributed by atoms with E-state index in [1.54, 1.807) is 36.4 Å². The Bertz CT molecular complexity index is 1080. The number of para-hydroxylation sites is 1. The van der Waals surface area contributed by atoms with Crippen LogP contribution in [0.4, 0.5) is 0 Å². The van der Waals surface area contributed by atoms with Crippen LogP contribution in [-0.4, -0.2) is 22.7 Å². The predicted octanol–water partition coefficient (Wildman–Crippen LogP) is 3.94. The number of nitrogens with zero attached hydrogens (tertiary/aromatic N) is 2. The molecule has 1 amide bonds. The normalized spacial score (nSPS) is 11.6. The first-order chi connectivity index (χ1) is 13.5. The van der Waals surface area contributed by atoms with E-state index in [0.717, 1.165) is 16.5 Å². The molecule has 0 saturated heterocycles. The number of hydrogen-bond acceptors (Lipinski definition) is 5. The third kappa shape index (κ3) is 5.25. The van der Waals surface area contributed by atoms with Gasteiger partial charge in [0.25, 0.3) is 0 Å². The molecule has 28 heavy (non-hydrogen) atoms. The van der Waals surface area contributed by atoms with Crippen LogP contribution in [0.1, 0.15) is 18.2 Å². The lowest BCUT2D eigenvalue weighted by Crippen LogP contribution is -2.31. The maximum Gasteiger partial charge on any atom is 0.332 e. The number of amides is 1. The molecule has 0 atom stereocenters. The van der Waals surface area contributed by atoms with Crippen LogP contribution in [0.25, 0.3) is 17.0 Å². The number of benzene rings is 2. The number of halogens is 1. The van der Waals surface area contributed by atoms with Crippen molar-refractivity contribution in [2.24, 2.45) is 5.16 Å². The molecular formula is C21H16ClN3O3.